The van der Waals surface area contributed by atoms with E-state index in [1.54, 1.807) is 0 Å². The van der Waals surface area contributed by atoms with Gasteiger partial charge in [-0.15, -0.1) is 0 Å². The Morgan fingerprint density at radius 2 is 1.50 bits per heavy atom. The molecule has 0 saturated heterocycles. The summed E-state index contributed by atoms with van der Waals surface area (Å²) >= 11 is 0. The van der Waals surface area contributed by atoms with Crippen molar-refractivity contribution in [1.82, 2.24) is 0 Å². The fourth-order valence-corrected chi connectivity index (χ4v) is 0.522. The van der Waals surface area contributed by atoms with Gasteiger partial charge in [0.2, 0.25) is 6.17 Å². The first kappa shape index (κ1) is 11.6. The molecule has 0 fully saturated rings. The molecule has 6 heteroatoms. The minimum Gasteiger partial charge on any atom is -0.237 e. The predicted molar refractivity (Wildman–Crippen MR) is 30.8 cm³/mol. The Morgan fingerprint density at radius 1 is 1.08 bits per heavy atom. The molecule has 0 saturated carbocycles. The number of hydrogen-bond acceptors (Lipinski definition) is 0. The van der Waals surface area contributed by atoms with Gasteiger partial charge in [0, 0.05) is 6.42 Å². The van der Waals surface area contributed by atoms with Crippen LogP contribution < -0.4 is 0 Å². The van der Waals surface area contributed by atoms with E-state index in [0.717, 1.165) is 6.92 Å². The molecule has 0 amide bonds. The van der Waals surface area contributed by atoms with E-state index in [2.05, 4.69) is 0 Å². The molecule has 0 aromatic carbocycles. The van der Waals surface area contributed by atoms with Crippen LogP contribution in [0.4, 0.5) is 26.3 Å². The summed E-state index contributed by atoms with van der Waals surface area (Å²) in [5.74, 6) is -3.57. The molecule has 0 nitrogen and oxygen atoms in total. The Bertz CT molecular complexity index is 137. The van der Waals surface area contributed by atoms with Crippen molar-refractivity contribution in [1.29, 1.82) is 0 Å². The van der Waals surface area contributed by atoms with Gasteiger partial charge in [-0.25, -0.2) is 13.2 Å². The van der Waals surface area contributed by atoms with Gasteiger partial charge in [0.05, 0.1) is 6.42 Å². The van der Waals surface area contributed by atoms with Crippen molar-refractivity contribution in [2.45, 2.75) is 38.0 Å². The van der Waals surface area contributed by atoms with Crippen molar-refractivity contribution in [3.63, 3.8) is 0 Å². The highest BCUT2D eigenvalue weighted by Gasteiger charge is 2.45. The lowest BCUT2D eigenvalue weighted by molar-refractivity contribution is -0.199. The Labute approximate surface area is 65.6 Å². The zero-order valence-corrected chi connectivity index (χ0v) is 6.26. The largest absolute Gasteiger partial charge is 0.419 e. The van der Waals surface area contributed by atoms with Gasteiger partial charge in [-0.2, -0.15) is 13.2 Å². The maximum atomic E-state index is 12.2. The van der Waals surface area contributed by atoms with Crippen molar-refractivity contribution in [3.8, 4) is 0 Å². The van der Waals surface area contributed by atoms with Gasteiger partial charge in [0.25, 0.3) is 5.92 Å². The standard InChI is InChI=1S/C6H8F6/c1-2-5(8,9)3-4(7)6(10,11)12/h4H,2-3H2,1H3/t4-/m0/s1. The number of hydrogen-bond donors (Lipinski definition) is 0. The summed E-state index contributed by atoms with van der Waals surface area (Å²) in [6.45, 7) is 1.00. The van der Waals surface area contributed by atoms with Crippen molar-refractivity contribution >= 4 is 0 Å². The summed E-state index contributed by atoms with van der Waals surface area (Å²) in [7, 11) is 0. The molecule has 0 bridgehead atoms. The Balaban J connectivity index is 4.09. The molecule has 0 aliphatic rings. The first-order chi connectivity index (χ1) is 5.19. The average Bonchev–Trinajstić information content (AvgIpc) is 1.85. The fourth-order valence-electron chi connectivity index (χ4n) is 0.522. The first-order valence-corrected chi connectivity index (χ1v) is 3.27. The quantitative estimate of drug-likeness (QED) is 0.604. The van der Waals surface area contributed by atoms with Crippen molar-refractivity contribution < 1.29 is 26.3 Å². The summed E-state index contributed by atoms with van der Waals surface area (Å²) < 4.78 is 70.6. The Hall–Kier alpha value is -0.420. The predicted octanol–water partition coefficient (Wildman–Crippen LogP) is 3.32. The number of halogens is 6. The molecule has 12 heavy (non-hydrogen) atoms. The Kier molecular flexibility index (Phi) is 3.41. The molecular weight excluding hydrogens is 186 g/mol. The van der Waals surface area contributed by atoms with E-state index in [-0.39, 0.29) is 0 Å². The molecule has 0 spiro atoms. The molecule has 0 aromatic rings. The summed E-state index contributed by atoms with van der Waals surface area (Å²) in [6.07, 6.45) is -11.2. The smallest absolute Gasteiger partial charge is 0.237 e. The second kappa shape index (κ2) is 3.53. The maximum Gasteiger partial charge on any atom is 0.419 e. The topological polar surface area (TPSA) is 0 Å². The highest BCUT2D eigenvalue weighted by Crippen LogP contribution is 2.33. The fraction of sp³-hybridized carbons (Fsp3) is 1.00. The van der Waals surface area contributed by atoms with Crippen LogP contribution in [-0.4, -0.2) is 18.3 Å². The molecule has 1 atom stereocenters. The van der Waals surface area contributed by atoms with E-state index in [1.165, 1.54) is 0 Å². The van der Waals surface area contributed by atoms with E-state index < -0.39 is 31.1 Å². The minimum absolute atomic E-state index is 0.788. The molecule has 0 rings (SSSR count). The van der Waals surface area contributed by atoms with Gasteiger partial charge >= 0.3 is 6.18 Å². The molecule has 0 aliphatic carbocycles. The van der Waals surface area contributed by atoms with Crippen LogP contribution in [0.15, 0.2) is 0 Å². The zero-order chi connectivity index (χ0) is 9.99. The first-order valence-electron chi connectivity index (χ1n) is 3.27. The van der Waals surface area contributed by atoms with E-state index in [1.807, 2.05) is 0 Å². The lowest BCUT2D eigenvalue weighted by Gasteiger charge is -2.18. The van der Waals surface area contributed by atoms with Crippen molar-refractivity contribution in [2.75, 3.05) is 0 Å². The highest BCUT2D eigenvalue weighted by atomic mass is 19.4. The number of rotatable bonds is 3. The third-order valence-electron chi connectivity index (χ3n) is 1.35. The minimum atomic E-state index is -5.18. The van der Waals surface area contributed by atoms with E-state index in [4.69, 9.17) is 0 Å². The molecule has 0 unspecified atom stereocenters. The monoisotopic (exact) mass is 194 g/mol. The normalized spacial score (nSPS) is 16.2. The van der Waals surface area contributed by atoms with Crippen LogP contribution in [0.1, 0.15) is 19.8 Å². The molecule has 0 heterocycles. The number of alkyl halides is 6. The third kappa shape index (κ3) is 3.82. The van der Waals surface area contributed by atoms with Gasteiger partial charge in [-0.1, -0.05) is 6.92 Å². The molecule has 74 valence electrons. The summed E-state index contributed by atoms with van der Waals surface area (Å²) in [4.78, 5) is 0. The highest BCUT2D eigenvalue weighted by molar-refractivity contribution is 4.75. The Morgan fingerprint density at radius 3 is 1.75 bits per heavy atom. The van der Waals surface area contributed by atoms with Crippen molar-refractivity contribution in [2.24, 2.45) is 0 Å². The van der Waals surface area contributed by atoms with Crippen molar-refractivity contribution in [3.05, 3.63) is 0 Å². The van der Waals surface area contributed by atoms with Gasteiger partial charge in [0.15, 0.2) is 0 Å². The average molecular weight is 194 g/mol. The molecule has 0 aliphatic heterocycles. The van der Waals surface area contributed by atoms with Crippen LogP contribution in [0.5, 0.6) is 0 Å². The van der Waals surface area contributed by atoms with Crippen LogP contribution in [0, 0.1) is 0 Å². The van der Waals surface area contributed by atoms with Crippen LogP contribution in [0.3, 0.4) is 0 Å². The van der Waals surface area contributed by atoms with Gasteiger partial charge in [0.1, 0.15) is 0 Å². The molecule has 0 aromatic heterocycles. The van der Waals surface area contributed by atoms with Crippen LogP contribution in [-0.2, 0) is 0 Å². The lowest BCUT2D eigenvalue weighted by atomic mass is 10.1. The van der Waals surface area contributed by atoms with E-state index in [0.29, 0.717) is 0 Å². The lowest BCUT2D eigenvalue weighted by Crippen LogP contribution is -2.31. The van der Waals surface area contributed by atoms with Crippen LogP contribution >= 0.6 is 0 Å². The van der Waals surface area contributed by atoms with Gasteiger partial charge in [-0.3, -0.25) is 0 Å². The molecule has 0 N–H and O–H groups in total. The van der Waals surface area contributed by atoms with E-state index in [9.17, 15) is 26.3 Å². The molecular formula is C6H8F6. The summed E-state index contributed by atoms with van der Waals surface area (Å²) in [6, 6.07) is 0. The van der Waals surface area contributed by atoms with Crippen LogP contribution in [0.25, 0.3) is 0 Å². The van der Waals surface area contributed by atoms with Gasteiger partial charge in [-0.05, 0) is 0 Å². The molecule has 0 radical (unpaired) electrons. The second-order valence-corrected chi connectivity index (χ2v) is 2.42. The van der Waals surface area contributed by atoms with E-state index >= 15 is 0 Å². The summed E-state index contributed by atoms with van der Waals surface area (Å²) in [5, 5.41) is 0. The maximum absolute atomic E-state index is 12.2. The zero-order valence-electron chi connectivity index (χ0n) is 6.26. The van der Waals surface area contributed by atoms with Gasteiger partial charge < -0.3 is 0 Å². The SMILES string of the molecule is CCC(F)(F)C[C@H](F)C(F)(F)F. The summed E-state index contributed by atoms with van der Waals surface area (Å²) in [5.41, 5.74) is 0. The third-order valence-corrected chi connectivity index (χ3v) is 1.35. The second-order valence-electron chi connectivity index (χ2n) is 2.42. The van der Waals surface area contributed by atoms with Crippen LogP contribution in [0.2, 0.25) is 0 Å².